The van der Waals surface area contributed by atoms with Crippen molar-refractivity contribution in [2.24, 2.45) is 0 Å². The van der Waals surface area contributed by atoms with Gasteiger partial charge in [-0.1, -0.05) is 54.6 Å². The third-order valence-electron chi connectivity index (χ3n) is 8.07. The molecule has 0 amide bonds. The standard InChI is InChI=1S/C36H24N4OS/c1-21-6-3-10-27-28-11-4-7-22(2)34(28)40(33(21)27)26-9-5-8-23(16-26)24-12-14-31-29(17-24)35(41)30-18-25(13-15-32(30)42-31)36-38-19-37-20-39-36/h3-20H,1-2H3. The second-order valence-electron chi connectivity index (χ2n) is 10.6. The van der Waals surface area contributed by atoms with E-state index in [0.29, 0.717) is 16.6 Å². The van der Waals surface area contributed by atoms with E-state index in [2.05, 4.69) is 106 Å². The molecule has 0 unspecified atom stereocenters. The summed E-state index contributed by atoms with van der Waals surface area (Å²) in [5.41, 5.74) is 8.91. The highest BCUT2D eigenvalue weighted by Gasteiger charge is 2.16. The minimum absolute atomic E-state index is 0.0151. The van der Waals surface area contributed by atoms with Crippen molar-refractivity contribution >= 4 is 53.3 Å². The zero-order valence-electron chi connectivity index (χ0n) is 23.0. The van der Waals surface area contributed by atoms with Gasteiger partial charge in [0.15, 0.2) is 11.3 Å². The van der Waals surface area contributed by atoms with Gasteiger partial charge < -0.3 is 4.57 Å². The molecule has 0 saturated carbocycles. The van der Waals surface area contributed by atoms with Gasteiger partial charge in [-0.15, -0.1) is 11.3 Å². The summed E-state index contributed by atoms with van der Waals surface area (Å²) in [6.07, 6.45) is 2.94. The first kappa shape index (κ1) is 24.6. The number of aromatic nitrogens is 4. The van der Waals surface area contributed by atoms with Crippen molar-refractivity contribution in [1.29, 1.82) is 0 Å². The minimum atomic E-state index is 0.0151. The molecule has 0 radical (unpaired) electrons. The molecule has 3 heterocycles. The Kier molecular flexibility index (Phi) is 5.52. The van der Waals surface area contributed by atoms with E-state index < -0.39 is 0 Å². The van der Waals surface area contributed by atoms with Crippen molar-refractivity contribution in [2.75, 3.05) is 0 Å². The van der Waals surface area contributed by atoms with Gasteiger partial charge in [-0.25, -0.2) is 15.0 Å². The Bertz CT molecular complexity index is 2350. The summed E-state index contributed by atoms with van der Waals surface area (Å²) in [5.74, 6) is 0.553. The molecule has 200 valence electrons. The van der Waals surface area contributed by atoms with Crippen LogP contribution in [0.2, 0.25) is 0 Å². The Labute approximate surface area is 245 Å². The zero-order chi connectivity index (χ0) is 28.4. The molecule has 0 fully saturated rings. The lowest BCUT2D eigenvalue weighted by Crippen LogP contribution is -2.02. The Balaban J connectivity index is 1.31. The fraction of sp³-hybridized carbons (Fsp3) is 0.0556. The van der Waals surface area contributed by atoms with Gasteiger partial charge in [-0.2, -0.15) is 0 Å². The number of aryl methyl sites for hydroxylation is 2. The van der Waals surface area contributed by atoms with Gasteiger partial charge >= 0.3 is 0 Å². The van der Waals surface area contributed by atoms with Crippen molar-refractivity contribution < 1.29 is 0 Å². The van der Waals surface area contributed by atoms with E-state index in [9.17, 15) is 4.79 Å². The van der Waals surface area contributed by atoms with E-state index in [4.69, 9.17) is 0 Å². The maximum absolute atomic E-state index is 13.8. The molecular weight excluding hydrogens is 536 g/mol. The predicted molar refractivity (Wildman–Crippen MR) is 174 cm³/mol. The van der Waals surface area contributed by atoms with Gasteiger partial charge in [0, 0.05) is 42.2 Å². The Morgan fingerprint density at radius 3 is 1.83 bits per heavy atom. The van der Waals surface area contributed by atoms with E-state index in [1.807, 2.05) is 24.3 Å². The van der Waals surface area contributed by atoms with Crippen LogP contribution in [-0.2, 0) is 0 Å². The summed E-state index contributed by atoms with van der Waals surface area (Å²) < 4.78 is 4.29. The molecule has 0 saturated heterocycles. The number of hydrogen-bond donors (Lipinski definition) is 0. The topological polar surface area (TPSA) is 60.7 Å². The quantitative estimate of drug-likeness (QED) is 0.203. The monoisotopic (exact) mass is 560 g/mol. The number of benzene rings is 5. The first-order chi connectivity index (χ1) is 20.6. The van der Waals surface area contributed by atoms with Crippen LogP contribution in [0, 0.1) is 13.8 Å². The van der Waals surface area contributed by atoms with E-state index in [-0.39, 0.29) is 5.43 Å². The Morgan fingerprint density at radius 1 is 0.595 bits per heavy atom. The summed E-state index contributed by atoms with van der Waals surface area (Å²) in [6, 6.07) is 33.7. The molecule has 0 N–H and O–H groups in total. The van der Waals surface area contributed by atoms with Gasteiger partial charge in [0.2, 0.25) is 0 Å². The molecule has 0 atom stereocenters. The number of rotatable bonds is 3. The van der Waals surface area contributed by atoms with E-state index in [1.165, 1.54) is 45.6 Å². The molecule has 5 aromatic carbocycles. The zero-order valence-corrected chi connectivity index (χ0v) is 23.8. The first-order valence-corrected chi connectivity index (χ1v) is 14.6. The number of hydrogen-bond acceptors (Lipinski definition) is 5. The van der Waals surface area contributed by atoms with Crippen LogP contribution in [0.5, 0.6) is 0 Å². The average Bonchev–Trinajstić information content (AvgIpc) is 3.38. The smallest absolute Gasteiger partial charge is 0.195 e. The maximum Gasteiger partial charge on any atom is 0.195 e. The molecular formula is C36H24N4OS. The second-order valence-corrected chi connectivity index (χ2v) is 11.7. The van der Waals surface area contributed by atoms with Crippen LogP contribution in [0.25, 0.3) is 70.2 Å². The first-order valence-electron chi connectivity index (χ1n) is 13.8. The summed E-state index contributed by atoms with van der Waals surface area (Å²) in [7, 11) is 0. The van der Waals surface area contributed by atoms with Crippen molar-refractivity contribution in [3.8, 4) is 28.2 Å². The summed E-state index contributed by atoms with van der Waals surface area (Å²) in [6.45, 7) is 4.35. The van der Waals surface area contributed by atoms with Gasteiger partial charge in [0.1, 0.15) is 12.7 Å². The largest absolute Gasteiger partial charge is 0.309 e. The summed E-state index contributed by atoms with van der Waals surface area (Å²) >= 11 is 1.62. The average molecular weight is 561 g/mol. The molecule has 6 heteroatoms. The lowest BCUT2D eigenvalue weighted by Gasteiger charge is -2.13. The Hall–Kier alpha value is -5.20. The molecule has 0 spiro atoms. The van der Waals surface area contributed by atoms with Crippen molar-refractivity contribution in [3.05, 3.63) is 131 Å². The van der Waals surface area contributed by atoms with E-state index >= 15 is 0 Å². The Morgan fingerprint density at radius 2 is 1.17 bits per heavy atom. The van der Waals surface area contributed by atoms with Gasteiger partial charge in [-0.3, -0.25) is 4.79 Å². The highest BCUT2D eigenvalue weighted by molar-refractivity contribution is 7.24. The second kappa shape index (κ2) is 9.43. The van der Waals surface area contributed by atoms with Crippen LogP contribution in [0.3, 0.4) is 0 Å². The molecule has 0 aliphatic carbocycles. The van der Waals surface area contributed by atoms with Crippen LogP contribution >= 0.6 is 11.3 Å². The van der Waals surface area contributed by atoms with Crippen LogP contribution in [0.1, 0.15) is 11.1 Å². The third-order valence-corrected chi connectivity index (χ3v) is 9.22. The highest BCUT2D eigenvalue weighted by Crippen LogP contribution is 2.37. The molecule has 0 aliphatic rings. The van der Waals surface area contributed by atoms with Crippen molar-refractivity contribution in [1.82, 2.24) is 19.5 Å². The number of fused-ring (bicyclic) bond motifs is 5. The number of nitrogens with zero attached hydrogens (tertiary/aromatic N) is 4. The molecule has 0 bridgehead atoms. The lowest BCUT2D eigenvalue weighted by atomic mass is 10.0. The molecule has 3 aromatic heterocycles. The van der Waals surface area contributed by atoms with Crippen molar-refractivity contribution in [2.45, 2.75) is 13.8 Å². The van der Waals surface area contributed by atoms with Crippen LogP contribution in [-0.4, -0.2) is 19.5 Å². The summed E-state index contributed by atoms with van der Waals surface area (Å²) in [5, 5.41) is 3.90. The van der Waals surface area contributed by atoms with Crippen LogP contribution < -0.4 is 5.43 Å². The SMILES string of the molecule is Cc1cccc2c3cccc(C)c3n(-c3cccc(-c4ccc5sc6ccc(-c7ncncn7)cc6c(=O)c5c4)c3)c12. The maximum atomic E-state index is 13.8. The fourth-order valence-electron chi connectivity index (χ4n) is 6.10. The number of para-hydroxylation sites is 2. The molecule has 0 aliphatic heterocycles. The molecule has 8 rings (SSSR count). The molecule has 5 nitrogen and oxygen atoms in total. The van der Waals surface area contributed by atoms with Gasteiger partial charge in [0.05, 0.1) is 11.0 Å². The highest BCUT2D eigenvalue weighted by atomic mass is 32.1. The molecule has 8 aromatic rings. The van der Waals surface area contributed by atoms with Gasteiger partial charge in [-0.05, 0) is 78.6 Å². The minimum Gasteiger partial charge on any atom is -0.309 e. The normalized spacial score (nSPS) is 11.7. The van der Waals surface area contributed by atoms with Crippen molar-refractivity contribution in [3.63, 3.8) is 0 Å². The van der Waals surface area contributed by atoms with Crippen LogP contribution in [0.4, 0.5) is 0 Å². The van der Waals surface area contributed by atoms with E-state index in [0.717, 1.165) is 31.8 Å². The third kappa shape index (κ3) is 3.76. The van der Waals surface area contributed by atoms with Crippen LogP contribution in [0.15, 0.2) is 115 Å². The fourth-order valence-corrected chi connectivity index (χ4v) is 7.14. The molecule has 42 heavy (non-hydrogen) atoms. The van der Waals surface area contributed by atoms with Gasteiger partial charge in [0.25, 0.3) is 0 Å². The van der Waals surface area contributed by atoms with E-state index in [1.54, 1.807) is 11.3 Å². The summed E-state index contributed by atoms with van der Waals surface area (Å²) in [4.78, 5) is 26.2. The predicted octanol–water partition coefficient (Wildman–Crippen LogP) is 8.65. The lowest BCUT2D eigenvalue weighted by molar-refractivity contribution is 1.06.